The molecule has 29 heavy (non-hydrogen) atoms. The molecule has 1 saturated heterocycles. The average Bonchev–Trinajstić information content (AvgIpc) is 3.39. The van der Waals surface area contributed by atoms with Crippen LogP contribution in [0.1, 0.15) is 19.3 Å². The Kier molecular flexibility index (Phi) is 6.13. The second-order valence-corrected chi connectivity index (χ2v) is 8.10. The zero-order chi connectivity index (χ0) is 20.2. The van der Waals surface area contributed by atoms with E-state index < -0.39 is 0 Å². The van der Waals surface area contributed by atoms with E-state index in [1.54, 1.807) is 24.3 Å². The molecule has 1 N–H and O–H groups in total. The van der Waals surface area contributed by atoms with Crippen molar-refractivity contribution in [1.82, 2.24) is 9.55 Å². The van der Waals surface area contributed by atoms with Crippen molar-refractivity contribution in [3.05, 3.63) is 51.3 Å². The molecule has 3 heterocycles. The van der Waals surface area contributed by atoms with E-state index in [0.717, 1.165) is 19.4 Å². The van der Waals surface area contributed by atoms with Gasteiger partial charge in [0.2, 0.25) is 5.91 Å². The van der Waals surface area contributed by atoms with Crippen molar-refractivity contribution in [2.45, 2.75) is 31.9 Å². The van der Waals surface area contributed by atoms with Crippen molar-refractivity contribution in [3.63, 3.8) is 0 Å². The van der Waals surface area contributed by atoms with Crippen LogP contribution < -0.4 is 15.6 Å². The lowest BCUT2D eigenvalue weighted by molar-refractivity contribution is -0.116. The monoisotopic (exact) mass is 433 g/mol. The number of aromatic nitrogens is 2. The highest BCUT2D eigenvalue weighted by atomic mass is 35.5. The SMILES string of the molecule is O=C(CCn1cnc2sccc2c1=O)Nc1cc(Cl)ccc1OCC1CCCO1. The number of hydrogen-bond donors (Lipinski definition) is 1. The number of nitrogens with zero attached hydrogens (tertiary/aromatic N) is 2. The number of amides is 1. The predicted molar refractivity (Wildman–Crippen MR) is 113 cm³/mol. The Morgan fingerprint density at radius 1 is 1.41 bits per heavy atom. The average molecular weight is 434 g/mol. The molecule has 152 valence electrons. The molecule has 0 spiro atoms. The third-order valence-corrected chi connectivity index (χ3v) is 5.75. The van der Waals surface area contributed by atoms with Crippen molar-refractivity contribution in [1.29, 1.82) is 0 Å². The first-order chi connectivity index (χ1) is 14.1. The quantitative estimate of drug-likeness (QED) is 0.614. The number of benzene rings is 1. The molecule has 3 aromatic rings. The molecule has 2 aromatic heterocycles. The van der Waals surface area contributed by atoms with Crippen LogP contribution in [0.3, 0.4) is 0 Å². The summed E-state index contributed by atoms with van der Waals surface area (Å²) in [5.41, 5.74) is 0.353. The fraction of sp³-hybridized carbons (Fsp3) is 0.350. The van der Waals surface area contributed by atoms with E-state index in [1.165, 1.54) is 22.2 Å². The second kappa shape index (κ2) is 8.94. The smallest absolute Gasteiger partial charge is 0.262 e. The number of anilines is 1. The van der Waals surface area contributed by atoms with Crippen LogP contribution in [0.15, 0.2) is 40.8 Å². The lowest BCUT2D eigenvalue weighted by Gasteiger charge is -2.15. The van der Waals surface area contributed by atoms with Gasteiger partial charge in [0, 0.05) is 24.6 Å². The second-order valence-electron chi connectivity index (χ2n) is 6.77. The highest BCUT2D eigenvalue weighted by Crippen LogP contribution is 2.29. The van der Waals surface area contributed by atoms with Crippen LogP contribution in [0.4, 0.5) is 5.69 Å². The first-order valence-corrected chi connectivity index (χ1v) is 10.6. The number of thiophene rings is 1. The van der Waals surface area contributed by atoms with Crippen molar-refractivity contribution in [3.8, 4) is 5.75 Å². The fourth-order valence-electron chi connectivity index (χ4n) is 3.17. The van der Waals surface area contributed by atoms with Gasteiger partial charge in [-0.1, -0.05) is 11.6 Å². The molecule has 9 heteroatoms. The minimum atomic E-state index is -0.244. The Hall–Kier alpha value is -2.42. The number of ether oxygens (including phenoxy) is 2. The standard InChI is InChI=1S/C20H20ClN3O4S/c21-13-3-4-17(28-11-14-2-1-8-27-14)16(10-13)23-18(25)5-7-24-12-22-19-15(20(24)26)6-9-29-19/h3-4,6,9-10,12,14H,1-2,5,7-8,11H2,(H,23,25). The first kappa shape index (κ1) is 19.9. The number of hydrogen-bond acceptors (Lipinski definition) is 6. The number of halogens is 1. The van der Waals surface area contributed by atoms with Crippen molar-refractivity contribution >= 4 is 44.7 Å². The van der Waals surface area contributed by atoms with Gasteiger partial charge < -0.3 is 14.8 Å². The van der Waals surface area contributed by atoms with Gasteiger partial charge in [-0.15, -0.1) is 11.3 Å². The molecular formula is C20H20ClN3O4S. The van der Waals surface area contributed by atoms with Crippen LogP contribution in [0.25, 0.3) is 10.2 Å². The predicted octanol–water partition coefficient (Wildman–Crippen LogP) is 3.70. The number of fused-ring (bicyclic) bond motifs is 1. The van der Waals surface area contributed by atoms with Gasteiger partial charge in [0.1, 0.15) is 17.2 Å². The third kappa shape index (κ3) is 4.77. The van der Waals surface area contributed by atoms with E-state index in [-0.39, 0.29) is 30.5 Å². The molecule has 1 unspecified atom stereocenters. The molecule has 1 fully saturated rings. The highest BCUT2D eigenvalue weighted by molar-refractivity contribution is 7.16. The Labute approximate surface area is 176 Å². The molecule has 1 aromatic carbocycles. The summed E-state index contributed by atoms with van der Waals surface area (Å²) in [5, 5.41) is 5.71. The number of carbonyl (C=O) groups is 1. The van der Waals surface area contributed by atoms with Crippen molar-refractivity contribution in [2.24, 2.45) is 0 Å². The van der Waals surface area contributed by atoms with Gasteiger partial charge in [-0.3, -0.25) is 14.2 Å². The molecule has 0 radical (unpaired) electrons. The molecule has 0 bridgehead atoms. The third-order valence-electron chi connectivity index (χ3n) is 4.69. The molecular weight excluding hydrogens is 414 g/mol. The molecule has 1 amide bonds. The van der Waals surface area contributed by atoms with Crippen LogP contribution in [0, 0.1) is 0 Å². The summed E-state index contributed by atoms with van der Waals surface area (Å²) < 4.78 is 12.8. The zero-order valence-electron chi connectivity index (χ0n) is 15.6. The van der Waals surface area contributed by atoms with Crippen LogP contribution in [-0.2, 0) is 16.1 Å². The molecule has 1 aliphatic rings. The number of carbonyl (C=O) groups excluding carboxylic acids is 1. The molecule has 7 nitrogen and oxygen atoms in total. The zero-order valence-corrected chi connectivity index (χ0v) is 17.2. The normalized spacial score (nSPS) is 16.2. The Balaban J connectivity index is 1.40. The minimum Gasteiger partial charge on any atom is -0.489 e. The van der Waals surface area contributed by atoms with Gasteiger partial charge in [0.05, 0.1) is 23.5 Å². The summed E-state index contributed by atoms with van der Waals surface area (Å²) in [6, 6.07) is 6.83. The topological polar surface area (TPSA) is 82.5 Å². The summed E-state index contributed by atoms with van der Waals surface area (Å²) in [5.74, 6) is 0.295. The Morgan fingerprint density at radius 3 is 3.14 bits per heavy atom. The largest absolute Gasteiger partial charge is 0.489 e. The minimum absolute atomic E-state index is 0.0700. The van der Waals surface area contributed by atoms with E-state index in [9.17, 15) is 9.59 Å². The lowest BCUT2D eigenvalue weighted by Crippen LogP contribution is -2.23. The van der Waals surface area contributed by atoms with Gasteiger partial charge in [-0.05, 0) is 42.5 Å². The maximum absolute atomic E-state index is 12.5. The van der Waals surface area contributed by atoms with Crippen molar-refractivity contribution < 1.29 is 14.3 Å². The lowest BCUT2D eigenvalue weighted by atomic mass is 10.2. The highest BCUT2D eigenvalue weighted by Gasteiger charge is 2.17. The molecule has 0 saturated carbocycles. The van der Waals surface area contributed by atoms with Gasteiger partial charge in [-0.25, -0.2) is 4.98 Å². The first-order valence-electron chi connectivity index (χ1n) is 9.36. The van der Waals surface area contributed by atoms with Crippen LogP contribution in [0.2, 0.25) is 5.02 Å². The summed E-state index contributed by atoms with van der Waals surface area (Å²) in [4.78, 5) is 29.8. The molecule has 4 rings (SSSR count). The van der Waals surface area contributed by atoms with Crippen molar-refractivity contribution in [2.75, 3.05) is 18.5 Å². The summed E-state index contributed by atoms with van der Waals surface area (Å²) in [7, 11) is 0. The van der Waals surface area contributed by atoms with E-state index in [0.29, 0.717) is 33.3 Å². The van der Waals surface area contributed by atoms with Crippen LogP contribution >= 0.6 is 22.9 Å². The van der Waals surface area contributed by atoms with E-state index in [4.69, 9.17) is 21.1 Å². The summed E-state index contributed by atoms with van der Waals surface area (Å²) in [6.07, 6.45) is 3.66. The molecule has 0 aliphatic carbocycles. The van der Waals surface area contributed by atoms with E-state index >= 15 is 0 Å². The van der Waals surface area contributed by atoms with Gasteiger partial charge in [0.25, 0.3) is 5.56 Å². The van der Waals surface area contributed by atoms with Gasteiger partial charge in [0.15, 0.2) is 0 Å². The maximum Gasteiger partial charge on any atom is 0.262 e. The Bertz CT molecular complexity index is 1080. The summed E-state index contributed by atoms with van der Waals surface area (Å²) in [6.45, 7) is 1.41. The van der Waals surface area contributed by atoms with Crippen LogP contribution in [-0.4, -0.2) is 34.8 Å². The number of rotatable bonds is 7. The fourth-order valence-corrected chi connectivity index (χ4v) is 4.07. The van der Waals surface area contributed by atoms with Gasteiger partial charge >= 0.3 is 0 Å². The van der Waals surface area contributed by atoms with E-state index in [2.05, 4.69) is 10.3 Å². The molecule has 1 aliphatic heterocycles. The van der Waals surface area contributed by atoms with Gasteiger partial charge in [-0.2, -0.15) is 0 Å². The van der Waals surface area contributed by atoms with Crippen LogP contribution in [0.5, 0.6) is 5.75 Å². The maximum atomic E-state index is 12.5. The molecule has 1 atom stereocenters. The Morgan fingerprint density at radius 2 is 2.31 bits per heavy atom. The number of aryl methyl sites for hydroxylation is 1. The number of nitrogens with one attached hydrogen (secondary N) is 1. The van der Waals surface area contributed by atoms with E-state index in [1.807, 2.05) is 5.38 Å². The summed E-state index contributed by atoms with van der Waals surface area (Å²) >= 11 is 7.50.